The van der Waals surface area contributed by atoms with Crippen LogP contribution in [0.25, 0.3) is 0 Å². The second-order valence-electron chi connectivity index (χ2n) is 4.51. The van der Waals surface area contributed by atoms with E-state index in [0.29, 0.717) is 0 Å². The lowest BCUT2D eigenvalue weighted by atomic mass is 9.61. The van der Waals surface area contributed by atoms with E-state index in [-0.39, 0.29) is 0 Å². The number of nitrogens with zero attached hydrogens (tertiary/aromatic N) is 1. The summed E-state index contributed by atoms with van der Waals surface area (Å²) in [6.45, 7) is 2.42. The van der Waals surface area contributed by atoms with Gasteiger partial charge in [0.2, 0.25) is 0 Å². The Kier molecular flexibility index (Phi) is 2.02. The van der Waals surface area contributed by atoms with Crippen LogP contribution in [-0.4, -0.2) is 18.1 Å². The summed E-state index contributed by atoms with van der Waals surface area (Å²) in [5.41, 5.74) is 1.30. The number of aromatic nitrogens is 1. The molecule has 2 fully saturated rings. The first-order chi connectivity index (χ1) is 6.95. The van der Waals surface area contributed by atoms with Crippen molar-refractivity contribution in [2.24, 2.45) is 11.8 Å². The van der Waals surface area contributed by atoms with Gasteiger partial charge in [0.1, 0.15) is 0 Å². The van der Waals surface area contributed by atoms with Gasteiger partial charge in [-0.15, -0.1) is 0 Å². The van der Waals surface area contributed by atoms with Crippen molar-refractivity contribution in [2.75, 3.05) is 13.1 Å². The minimum atomic E-state index is 0.731. The topological polar surface area (TPSA) is 24.9 Å². The maximum Gasteiger partial charge on any atom is 0.0437 e. The Morgan fingerprint density at radius 1 is 1.36 bits per heavy atom. The van der Waals surface area contributed by atoms with Gasteiger partial charge in [-0.25, -0.2) is 0 Å². The molecule has 1 N–H and O–H groups in total. The van der Waals surface area contributed by atoms with Gasteiger partial charge in [-0.05, 0) is 49.9 Å². The van der Waals surface area contributed by atoms with E-state index in [1.807, 2.05) is 12.3 Å². The Balaban J connectivity index is 1.76. The third-order valence-corrected chi connectivity index (χ3v) is 3.82. The summed E-state index contributed by atoms with van der Waals surface area (Å²) in [5.74, 6) is 2.57. The van der Waals surface area contributed by atoms with Gasteiger partial charge < -0.3 is 5.32 Å². The maximum atomic E-state index is 4.46. The highest BCUT2D eigenvalue weighted by atomic mass is 14.9. The van der Waals surface area contributed by atoms with Crippen LogP contribution < -0.4 is 5.32 Å². The van der Waals surface area contributed by atoms with Crippen LogP contribution in [0, 0.1) is 11.8 Å². The quantitative estimate of drug-likeness (QED) is 0.727. The first-order valence-corrected chi connectivity index (χ1v) is 5.57. The second-order valence-corrected chi connectivity index (χ2v) is 4.51. The van der Waals surface area contributed by atoms with Crippen LogP contribution in [0.15, 0.2) is 24.4 Å². The molecule has 2 heteroatoms. The molecule has 2 nitrogen and oxygen atoms in total. The average Bonchev–Trinajstić information content (AvgIpc) is 2.22. The average molecular weight is 188 g/mol. The molecule has 1 aromatic heterocycles. The molecule has 1 aliphatic carbocycles. The molecule has 0 unspecified atom stereocenters. The van der Waals surface area contributed by atoms with Crippen LogP contribution in [0.2, 0.25) is 0 Å². The van der Waals surface area contributed by atoms with Crippen LogP contribution in [0.5, 0.6) is 0 Å². The Hall–Kier alpha value is -0.890. The molecule has 1 saturated carbocycles. The van der Waals surface area contributed by atoms with Crippen molar-refractivity contribution in [1.29, 1.82) is 0 Å². The number of nitrogens with one attached hydrogen (secondary N) is 1. The largest absolute Gasteiger partial charge is 0.316 e. The number of pyridine rings is 1. The van der Waals surface area contributed by atoms with E-state index in [1.165, 1.54) is 31.6 Å². The van der Waals surface area contributed by atoms with Crippen molar-refractivity contribution in [1.82, 2.24) is 10.3 Å². The van der Waals surface area contributed by atoms with Crippen LogP contribution in [0.4, 0.5) is 0 Å². The van der Waals surface area contributed by atoms with Gasteiger partial charge in [0.15, 0.2) is 0 Å². The molecule has 2 aliphatic rings. The van der Waals surface area contributed by atoms with E-state index in [9.17, 15) is 0 Å². The maximum absolute atomic E-state index is 4.46. The fourth-order valence-corrected chi connectivity index (χ4v) is 2.94. The van der Waals surface area contributed by atoms with E-state index < -0.39 is 0 Å². The van der Waals surface area contributed by atoms with Crippen LogP contribution in [0.1, 0.15) is 24.5 Å². The second kappa shape index (κ2) is 3.35. The van der Waals surface area contributed by atoms with Crippen molar-refractivity contribution in [2.45, 2.75) is 18.8 Å². The minimum Gasteiger partial charge on any atom is -0.316 e. The van der Waals surface area contributed by atoms with Crippen molar-refractivity contribution in [3.8, 4) is 0 Å². The molecule has 1 aliphatic heterocycles. The normalized spacial score (nSPS) is 35.9. The number of hydrogen-bond acceptors (Lipinski definition) is 2. The number of fused-ring (bicyclic) bond motifs is 1. The van der Waals surface area contributed by atoms with E-state index in [0.717, 1.165) is 17.8 Å². The Labute approximate surface area is 84.7 Å². The smallest absolute Gasteiger partial charge is 0.0437 e. The summed E-state index contributed by atoms with van der Waals surface area (Å²) in [4.78, 5) is 4.46. The SMILES string of the molecule is c1ccc([C@H]2C[C@@H]3CCNC[C@@H]32)nc1. The predicted octanol–water partition coefficient (Wildman–Crippen LogP) is 1.79. The highest BCUT2D eigenvalue weighted by Crippen LogP contribution is 2.48. The van der Waals surface area contributed by atoms with E-state index in [4.69, 9.17) is 0 Å². The standard InChI is InChI=1S/C12H16N2/c1-2-5-14-12(3-1)10-7-9-4-6-13-8-11(9)10/h1-3,5,9-11,13H,4,6-8H2/t9-,10-,11-/m0/s1. The van der Waals surface area contributed by atoms with Crippen LogP contribution >= 0.6 is 0 Å². The summed E-state index contributed by atoms with van der Waals surface area (Å²) in [6, 6.07) is 6.28. The van der Waals surface area contributed by atoms with Crippen molar-refractivity contribution in [3.05, 3.63) is 30.1 Å². The van der Waals surface area contributed by atoms with Gasteiger partial charge in [0.05, 0.1) is 0 Å². The molecule has 74 valence electrons. The summed E-state index contributed by atoms with van der Waals surface area (Å²) < 4.78 is 0. The highest BCUT2D eigenvalue weighted by molar-refractivity contribution is 5.16. The first kappa shape index (κ1) is 8.42. The zero-order valence-electron chi connectivity index (χ0n) is 8.32. The van der Waals surface area contributed by atoms with E-state index in [1.54, 1.807) is 0 Å². The van der Waals surface area contributed by atoms with Gasteiger partial charge in [-0.1, -0.05) is 6.07 Å². The number of rotatable bonds is 1. The zero-order valence-corrected chi connectivity index (χ0v) is 8.32. The number of piperidine rings is 1. The molecule has 1 saturated heterocycles. The van der Waals surface area contributed by atoms with Crippen LogP contribution in [0.3, 0.4) is 0 Å². The minimum absolute atomic E-state index is 0.731. The van der Waals surface area contributed by atoms with Gasteiger partial charge in [0, 0.05) is 17.8 Å². The lowest BCUT2D eigenvalue weighted by Crippen LogP contribution is -2.47. The lowest BCUT2D eigenvalue weighted by Gasteiger charge is -2.47. The predicted molar refractivity (Wildman–Crippen MR) is 56.1 cm³/mol. The molecule has 0 aromatic carbocycles. The molecule has 0 bridgehead atoms. The van der Waals surface area contributed by atoms with Crippen molar-refractivity contribution in [3.63, 3.8) is 0 Å². The van der Waals surface area contributed by atoms with Crippen molar-refractivity contribution >= 4 is 0 Å². The molecule has 3 atom stereocenters. The van der Waals surface area contributed by atoms with E-state index >= 15 is 0 Å². The molecule has 1 aromatic rings. The molecule has 3 rings (SSSR count). The fourth-order valence-electron chi connectivity index (χ4n) is 2.94. The summed E-state index contributed by atoms with van der Waals surface area (Å²) in [6.07, 6.45) is 4.65. The van der Waals surface area contributed by atoms with Gasteiger partial charge >= 0.3 is 0 Å². The lowest BCUT2D eigenvalue weighted by molar-refractivity contribution is 0.0909. The molecular weight excluding hydrogens is 172 g/mol. The molecule has 14 heavy (non-hydrogen) atoms. The summed E-state index contributed by atoms with van der Waals surface area (Å²) >= 11 is 0. The fraction of sp³-hybridized carbons (Fsp3) is 0.583. The molecular formula is C12H16N2. The van der Waals surface area contributed by atoms with Gasteiger partial charge in [-0.3, -0.25) is 4.98 Å². The number of hydrogen-bond donors (Lipinski definition) is 1. The first-order valence-electron chi connectivity index (χ1n) is 5.57. The Bertz CT molecular complexity index is 309. The monoisotopic (exact) mass is 188 g/mol. The highest BCUT2D eigenvalue weighted by Gasteiger charge is 2.43. The summed E-state index contributed by atoms with van der Waals surface area (Å²) in [7, 11) is 0. The molecule has 0 amide bonds. The zero-order chi connectivity index (χ0) is 9.38. The third-order valence-electron chi connectivity index (χ3n) is 3.82. The Morgan fingerprint density at radius 2 is 2.36 bits per heavy atom. The molecule has 0 radical (unpaired) electrons. The van der Waals surface area contributed by atoms with Crippen LogP contribution in [-0.2, 0) is 0 Å². The molecule has 0 spiro atoms. The van der Waals surface area contributed by atoms with E-state index in [2.05, 4.69) is 22.4 Å². The Morgan fingerprint density at radius 3 is 3.14 bits per heavy atom. The van der Waals surface area contributed by atoms with Gasteiger partial charge in [0.25, 0.3) is 0 Å². The third kappa shape index (κ3) is 1.25. The van der Waals surface area contributed by atoms with Crippen molar-refractivity contribution < 1.29 is 0 Å². The van der Waals surface area contributed by atoms with Gasteiger partial charge in [-0.2, -0.15) is 0 Å². The summed E-state index contributed by atoms with van der Waals surface area (Å²) in [5, 5.41) is 3.49. The molecule has 2 heterocycles.